The minimum atomic E-state index is -0.630. The quantitative estimate of drug-likeness (QED) is 0.898. The predicted octanol–water partition coefficient (Wildman–Crippen LogP) is 2.58. The minimum absolute atomic E-state index is 0.209. The lowest BCUT2D eigenvalue weighted by molar-refractivity contribution is 0.0223. The summed E-state index contributed by atoms with van der Waals surface area (Å²) in [5.74, 6) is 0.324. The van der Waals surface area contributed by atoms with E-state index in [4.69, 9.17) is 4.74 Å². The number of nitrogens with zero attached hydrogens (tertiary/aromatic N) is 2. The zero-order chi connectivity index (χ0) is 17.8. The highest BCUT2D eigenvalue weighted by atomic mass is 16.5. The number of amides is 2. The average Bonchev–Trinajstić information content (AvgIpc) is 2.63. The fourth-order valence-corrected chi connectivity index (χ4v) is 3.29. The van der Waals surface area contributed by atoms with Crippen molar-refractivity contribution in [2.24, 2.45) is 0 Å². The number of benzene rings is 2. The van der Waals surface area contributed by atoms with E-state index in [0.717, 1.165) is 5.56 Å². The Kier molecular flexibility index (Phi) is 4.87. The van der Waals surface area contributed by atoms with E-state index < -0.39 is 18.1 Å². The third-order valence-corrected chi connectivity index (χ3v) is 4.50. The molecule has 0 bridgehead atoms. The van der Waals surface area contributed by atoms with Crippen LogP contribution in [0.5, 0.6) is 5.75 Å². The zero-order valence-corrected chi connectivity index (χ0v) is 13.8. The van der Waals surface area contributed by atoms with Gasteiger partial charge in [0.2, 0.25) is 0 Å². The number of urea groups is 1. The number of nitriles is 1. The molecule has 3 atom stereocenters. The lowest BCUT2D eigenvalue weighted by Crippen LogP contribution is -2.66. The van der Waals surface area contributed by atoms with Gasteiger partial charge in [-0.1, -0.05) is 42.5 Å². The molecule has 1 heterocycles. The molecule has 6 heteroatoms. The van der Waals surface area contributed by atoms with E-state index in [-0.39, 0.29) is 12.5 Å². The summed E-state index contributed by atoms with van der Waals surface area (Å²) in [6.07, 6.45) is 0. The van der Waals surface area contributed by atoms with Crippen LogP contribution in [-0.4, -0.2) is 41.8 Å². The van der Waals surface area contributed by atoms with Crippen molar-refractivity contribution in [3.63, 3.8) is 0 Å². The zero-order valence-electron chi connectivity index (χ0n) is 13.8. The molecule has 0 radical (unpaired) electrons. The van der Waals surface area contributed by atoms with E-state index in [1.54, 1.807) is 24.3 Å². The number of rotatable bonds is 4. The number of anilines is 1. The predicted molar refractivity (Wildman–Crippen MR) is 93.3 cm³/mol. The molecule has 128 valence electrons. The summed E-state index contributed by atoms with van der Waals surface area (Å²) in [4.78, 5) is 14.1. The van der Waals surface area contributed by atoms with Crippen molar-refractivity contribution in [3.8, 4) is 11.8 Å². The topological polar surface area (TPSA) is 85.6 Å². The maximum absolute atomic E-state index is 12.7. The number of nitrogens with one attached hydrogen (secondary N) is 1. The Hall–Kier alpha value is -3.04. The van der Waals surface area contributed by atoms with E-state index in [2.05, 4.69) is 11.4 Å². The molecule has 1 aliphatic rings. The van der Waals surface area contributed by atoms with Crippen LogP contribution in [0.15, 0.2) is 54.6 Å². The molecule has 1 aliphatic heterocycles. The van der Waals surface area contributed by atoms with Gasteiger partial charge in [0, 0.05) is 5.92 Å². The molecule has 2 aromatic rings. The van der Waals surface area contributed by atoms with Gasteiger partial charge in [0.25, 0.3) is 0 Å². The molecular weight excluding hydrogens is 318 g/mol. The van der Waals surface area contributed by atoms with Crippen molar-refractivity contribution in [2.75, 3.05) is 19.0 Å². The highest BCUT2D eigenvalue weighted by Crippen LogP contribution is 2.40. The van der Waals surface area contributed by atoms with Crippen molar-refractivity contribution in [3.05, 3.63) is 60.2 Å². The number of carbonyl (C=O) groups excluding carboxylic acids is 1. The van der Waals surface area contributed by atoms with Gasteiger partial charge in [0.1, 0.15) is 11.8 Å². The summed E-state index contributed by atoms with van der Waals surface area (Å²) in [7, 11) is 1.52. The number of ether oxygens (including phenoxy) is 1. The van der Waals surface area contributed by atoms with E-state index in [1.165, 1.54) is 12.0 Å². The smallest absolute Gasteiger partial charge is 0.323 e. The van der Waals surface area contributed by atoms with Crippen LogP contribution in [0.4, 0.5) is 10.5 Å². The average molecular weight is 337 g/mol. The summed E-state index contributed by atoms with van der Waals surface area (Å²) in [5.41, 5.74) is 1.46. The number of carbonyl (C=O) groups is 1. The summed E-state index contributed by atoms with van der Waals surface area (Å²) >= 11 is 0. The Morgan fingerprint density at radius 1 is 1.24 bits per heavy atom. The fraction of sp³-hybridized carbons (Fsp3) is 0.263. The van der Waals surface area contributed by atoms with Crippen LogP contribution < -0.4 is 10.1 Å². The van der Waals surface area contributed by atoms with Gasteiger partial charge in [-0.2, -0.15) is 5.26 Å². The Bertz CT molecular complexity index is 788. The van der Waals surface area contributed by atoms with Crippen LogP contribution in [0.2, 0.25) is 0 Å². The first-order chi connectivity index (χ1) is 12.2. The standard InChI is InChI=1S/C19H19N3O3/c1-25-17-10-6-5-9-14(17)21-19(24)22-15(11-20)18(16(22)12-23)13-7-3-2-4-8-13/h2-10,15-16,18,23H,12H2,1H3,(H,21,24)/t15-,16-,18-/m1/s1. The number of hydrogen-bond acceptors (Lipinski definition) is 4. The SMILES string of the molecule is COc1ccccc1NC(=O)N1[C@H](C#N)[C@@H](c2ccccc2)[C@H]1CO. The number of likely N-dealkylation sites (tertiary alicyclic amines) is 1. The second-order valence-corrected chi connectivity index (χ2v) is 5.80. The largest absolute Gasteiger partial charge is 0.495 e. The summed E-state index contributed by atoms with van der Waals surface area (Å²) in [6.45, 7) is -0.211. The van der Waals surface area contributed by atoms with Gasteiger partial charge in [-0.05, 0) is 17.7 Å². The van der Waals surface area contributed by atoms with Gasteiger partial charge in [-0.3, -0.25) is 0 Å². The van der Waals surface area contributed by atoms with E-state index in [1.807, 2.05) is 30.3 Å². The van der Waals surface area contributed by atoms with Crippen molar-refractivity contribution in [2.45, 2.75) is 18.0 Å². The highest BCUT2D eigenvalue weighted by molar-refractivity contribution is 5.92. The molecule has 0 spiro atoms. The van der Waals surface area contributed by atoms with Crippen LogP contribution in [0.25, 0.3) is 0 Å². The first-order valence-corrected chi connectivity index (χ1v) is 7.99. The van der Waals surface area contributed by atoms with Gasteiger partial charge in [-0.15, -0.1) is 0 Å². The van der Waals surface area contributed by atoms with Gasteiger partial charge >= 0.3 is 6.03 Å². The third-order valence-electron chi connectivity index (χ3n) is 4.50. The molecule has 2 aromatic carbocycles. The molecule has 25 heavy (non-hydrogen) atoms. The molecule has 2 N–H and O–H groups in total. The van der Waals surface area contributed by atoms with Gasteiger partial charge in [0.15, 0.2) is 0 Å². The first kappa shape index (κ1) is 16.8. The Balaban J connectivity index is 1.82. The highest BCUT2D eigenvalue weighted by Gasteiger charge is 2.51. The number of aliphatic hydroxyl groups is 1. The first-order valence-electron chi connectivity index (χ1n) is 7.99. The van der Waals surface area contributed by atoms with Crippen LogP contribution in [0.3, 0.4) is 0 Å². The fourth-order valence-electron chi connectivity index (χ4n) is 3.29. The number of methoxy groups -OCH3 is 1. The maximum Gasteiger partial charge on any atom is 0.323 e. The van der Waals surface area contributed by atoms with Gasteiger partial charge in [-0.25, -0.2) is 4.79 Å². The molecule has 0 aromatic heterocycles. The van der Waals surface area contributed by atoms with Crippen LogP contribution in [-0.2, 0) is 0 Å². The number of para-hydroxylation sites is 2. The van der Waals surface area contributed by atoms with E-state index in [0.29, 0.717) is 11.4 Å². The normalized spacial score (nSPS) is 21.8. The molecule has 0 aliphatic carbocycles. The monoisotopic (exact) mass is 337 g/mol. The Labute approximate surface area is 146 Å². The second-order valence-electron chi connectivity index (χ2n) is 5.80. The molecular formula is C19H19N3O3. The third kappa shape index (κ3) is 3.02. The second kappa shape index (κ2) is 7.24. The minimum Gasteiger partial charge on any atom is -0.495 e. The van der Waals surface area contributed by atoms with E-state index in [9.17, 15) is 15.2 Å². The summed E-state index contributed by atoms with van der Waals surface area (Å²) in [6, 6.07) is 17.2. The van der Waals surface area contributed by atoms with Crippen LogP contribution >= 0.6 is 0 Å². The summed E-state index contributed by atoms with van der Waals surface area (Å²) in [5, 5.41) is 22.1. The van der Waals surface area contributed by atoms with Crippen molar-refractivity contribution in [1.82, 2.24) is 4.90 Å². The van der Waals surface area contributed by atoms with Crippen molar-refractivity contribution < 1.29 is 14.6 Å². The van der Waals surface area contributed by atoms with Gasteiger partial charge in [0.05, 0.1) is 31.5 Å². The molecule has 0 saturated carbocycles. The number of hydrogen-bond donors (Lipinski definition) is 2. The van der Waals surface area contributed by atoms with Crippen LogP contribution in [0, 0.1) is 11.3 Å². The van der Waals surface area contributed by atoms with E-state index >= 15 is 0 Å². The lowest BCUT2D eigenvalue weighted by atomic mass is 9.76. The lowest BCUT2D eigenvalue weighted by Gasteiger charge is -2.51. The van der Waals surface area contributed by atoms with Crippen molar-refractivity contribution in [1.29, 1.82) is 5.26 Å². The molecule has 0 unspecified atom stereocenters. The Morgan fingerprint density at radius 3 is 2.56 bits per heavy atom. The molecule has 6 nitrogen and oxygen atoms in total. The van der Waals surface area contributed by atoms with Gasteiger partial charge < -0.3 is 20.1 Å². The molecule has 3 rings (SSSR count). The van der Waals surface area contributed by atoms with Crippen molar-refractivity contribution >= 4 is 11.7 Å². The van der Waals surface area contributed by atoms with Crippen LogP contribution in [0.1, 0.15) is 11.5 Å². The molecule has 1 saturated heterocycles. The number of aliphatic hydroxyl groups excluding tert-OH is 1. The molecule has 2 amide bonds. The molecule has 1 fully saturated rings. The Morgan fingerprint density at radius 2 is 1.92 bits per heavy atom. The maximum atomic E-state index is 12.7. The summed E-state index contributed by atoms with van der Waals surface area (Å²) < 4.78 is 5.23.